The fourth-order valence-corrected chi connectivity index (χ4v) is 2.49. The van der Waals surface area contributed by atoms with E-state index in [1.54, 1.807) is 12.1 Å². The van der Waals surface area contributed by atoms with Crippen molar-refractivity contribution < 1.29 is 4.39 Å². The zero-order chi connectivity index (χ0) is 15.6. The van der Waals surface area contributed by atoms with E-state index < -0.39 is 11.9 Å². The van der Waals surface area contributed by atoms with E-state index in [2.05, 4.69) is 45.0 Å². The van der Waals surface area contributed by atoms with Gasteiger partial charge < -0.3 is 5.73 Å². The molecule has 0 aliphatic heterocycles. The normalized spacial score (nSPS) is 13.2. The third-order valence-electron chi connectivity index (χ3n) is 3.66. The summed E-state index contributed by atoms with van der Waals surface area (Å²) in [6, 6.07) is 12.9. The van der Waals surface area contributed by atoms with Crippen LogP contribution < -0.4 is 5.73 Å². The van der Waals surface area contributed by atoms with Crippen LogP contribution in [0.5, 0.6) is 0 Å². The first-order valence-corrected chi connectivity index (χ1v) is 7.46. The van der Waals surface area contributed by atoms with Gasteiger partial charge in [-0.05, 0) is 29.0 Å². The lowest BCUT2D eigenvalue weighted by molar-refractivity contribution is 0.579. The van der Waals surface area contributed by atoms with Crippen LogP contribution in [0.1, 0.15) is 43.5 Å². The fourth-order valence-electron chi connectivity index (χ4n) is 2.31. The van der Waals surface area contributed by atoms with Gasteiger partial charge >= 0.3 is 0 Å². The number of halogens is 2. The minimum absolute atomic E-state index is 0.117. The Morgan fingerprint density at radius 3 is 2.29 bits per heavy atom. The predicted octanol–water partition coefficient (Wildman–Crippen LogP) is 5.02. The second kappa shape index (κ2) is 6.17. The Bertz CT molecular complexity index is 614. The summed E-state index contributed by atoms with van der Waals surface area (Å²) < 4.78 is 14.0. The molecular formula is C18H21ClFN. The van der Waals surface area contributed by atoms with Crippen LogP contribution in [0, 0.1) is 5.82 Å². The zero-order valence-electron chi connectivity index (χ0n) is 12.7. The van der Waals surface area contributed by atoms with E-state index in [0.717, 1.165) is 5.56 Å². The summed E-state index contributed by atoms with van der Waals surface area (Å²) in [7, 11) is 0. The molecule has 0 amide bonds. The Morgan fingerprint density at radius 2 is 1.71 bits per heavy atom. The standard InChI is InChI=1S/C18H21ClFN/c1-18(2,3)13-9-7-12(8-10-13)11-16(21)14-5-4-6-15(19)17(14)20/h4-10,16H,11,21H2,1-3H3. The second-order valence-corrected chi connectivity index (χ2v) is 6.81. The van der Waals surface area contributed by atoms with Crippen molar-refractivity contribution >= 4 is 11.6 Å². The van der Waals surface area contributed by atoms with Crippen molar-refractivity contribution in [1.29, 1.82) is 0 Å². The predicted molar refractivity (Wildman–Crippen MR) is 87.2 cm³/mol. The number of hydrogen-bond acceptors (Lipinski definition) is 1. The van der Waals surface area contributed by atoms with Crippen LogP contribution in [0.15, 0.2) is 42.5 Å². The minimum Gasteiger partial charge on any atom is -0.324 e. The second-order valence-electron chi connectivity index (χ2n) is 6.40. The van der Waals surface area contributed by atoms with Gasteiger partial charge in [0, 0.05) is 11.6 Å². The number of benzene rings is 2. The van der Waals surface area contributed by atoms with Gasteiger partial charge in [0.15, 0.2) is 0 Å². The lowest BCUT2D eigenvalue weighted by atomic mass is 9.86. The van der Waals surface area contributed by atoms with Crippen molar-refractivity contribution in [1.82, 2.24) is 0 Å². The molecule has 3 heteroatoms. The van der Waals surface area contributed by atoms with Gasteiger partial charge in [0.05, 0.1) is 5.02 Å². The smallest absolute Gasteiger partial charge is 0.146 e. The van der Waals surface area contributed by atoms with Gasteiger partial charge in [-0.3, -0.25) is 0 Å². The van der Waals surface area contributed by atoms with Gasteiger partial charge in [0.25, 0.3) is 0 Å². The number of nitrogens with two attached hydrogens (primary N) is 1. The molecule has 2 N–H and O–H groups in total. The topological polar surface area (TPSA) is 26.0 Å². The molecule has 0 bridgehead atoms. The molecule has 1 nitrogen and oxygen atoms in total. The highest BCUT2D eigenvalue weighted by molar-refractivity contribution is 6.30. The maximum absolute atomic E-state index is 14.0. The number of rotatable bonds is 3. The first kappa shape index (κ1) is 16.0. The minimum atomic E-state index is -0.419. The highest BCUT2D eigenvalue weighted by atomic mass is 35.5. The van der Waals surface area contributed by atoms with Crippen molar-refractivity contribution in [3.05, 3.63) is 70.0 Å². The molecule has 2 aromatic carbocycles. The molecule has 0 saturated carbocycles. The zero-order valence-corrected chi connectivity index (χ0v) is 13.4. The summed E-state index contributed by atoms with van der Waals surface area (Å²) in [6.45, 7) is 6.53. The van der Waals surface area contributed by atoms with E-state index in [1.165, 1.54) is 11.6 Å². The molecule has 21 heavy (non-hydrogen) atoms. The van der Waals surface area contributed by atoms with Crippen LogP contribution in [0.2, 0.25) is 5.02 Å². The molecule has 1 unspecified atom stereocenters. The maximum Gasteiger partial charge on any atom is 0.146 e. The molecular weight excluding hydrogens is 285 g/mol. The average Bonchev–Trinajstić information content (AvgIpc) is 2.41. The quantitative estimate of drug-likeness (QED) is 0.846. The lowest BCUT2D eigenvalue weighted by Gasteiger charge is -2.20. The Balaban J connectivity index is 2.16. The van der Waals surface area contributed by atoms with E-state index in [4.69, 9.17) is 17.3 Å². The lowest BCUT2D eigenvalue weighted by Crippen LogP contribution is -2.15. The van der Waals surface area contributed by atoms with E-state index in [-0.39, 0.29) is 10.4 Å². The molecule has 112 valence electrons. The van der Waals surface area contributed by atoms with Gasteiger partial charge in [-0.25, -0.2) is 4.39 Å². The highest BCUT2D eigenvalue weighted by Crippen LogP contribution is 2.26. The van der Waals surface area contributed by atoms with Crippen molar-refractivity contribution in [3.8, 4) is 0 Å². The SMILES string of the molecule is CC(C)(C)c1ccc(CC(N)c2cccc(Cl)c2F)cc1. The van der Waals surface area contributed by atoms with Crippen LogP contribution >= 0.6 is 11.6 Å². The van der Waals surface area contributed by atoms with Gasteiger partial charge in [-0.15, -0.1) is 0 Å². The van der Waals surface area contributed by atoms with Crippen LogP contribution in [0.4, 0.5) is 4.39 Å². The largest absolute Gasteiger partial charge is 0.324 e. The summed E-state index contributed by atoms with van der Waals surface area (Å²) in [5, 5.41) is 0.117. The van der Waals surface area contributed by atoms with Gasteiger partial charge in [0.1, 0.15) is 5.82 Å². The fraction of sp³-hybridized carbons (Fsp3) is 0.333. The number of hydrogen-bond donors (Lipinski definition) is 1. The van der Waals surface area contributed by atoms with Gasteiger partial charge in [-0.1, -0.05) is 68.8 Å². The average molecular weight is 306 g/mol. The summed E-state index contributed by atoms with van der Waals surface area (Å²) in [5.74, 6) is -0.419. The Labute approximate surface area is 130 Å². The third kappa shape index (κ3) is 3.84. The van der Waals surface area contributed by atoms with Crippen LogP contribution in [0.3, 0.4) is 0 Å². The first-order chi connectivity index (χ1) is 9.79. The van der Waals surface area contributed by atoms with Crippen LogP contribution in [0.25, 0.3) is 0 Å². The molecule has 0 aromatic heterocycles. The summed E-state index contributed by atoms with van der Waals surface area (Å²) in [6.07, 6.45) is 0.585. The van der Waals surface area contributed by atoms with Crippen molar-refractivity contribution in [3.63, 3.8) is 0 Å². The molecule has 0 heterocycles. The van der Waals surface area contributed by atoms with Crippen molar-refractivity contribution in [2.75, 3.05) is 0 Å². The van der Waals surface area contributed by atoms with E-state index >= 15 is 0 Å². The molecule has 0 fully saturated rings. The summed E-state index contributed by atoms with van der Waals surface area (Å²) >= 11 is 5.80. The monoisotopic (exact) mass is 305 g/mol. The molecule has 0 aliphatic rings. The van der Waals surface area contributed by atoms with E-state index in [9.17, 15) is 4.39 Å². The van der Waals surface area contributed by atoms with Crippen LogP contribution in [-0.4, -0.2) is 0 Å². The molecule has 0 spiro atoms. The summed E-state index contributed by atoms with van der Waals surface area (Å²) in [5.41, 5.74) is 9.07. The van der Waals surface area contributed by atoms with Crippen molar-refractivity contribution in [2.24, 2.45) is 5.73 Å². The Morgan fingerprint density at radius 1 is 1.10 bits per heavy atom. The Kier molecular flexibility index (Phi) is 4.70. The molecule has 1 atom stereocenters. The first-order valence-electron chi connectivity index (χ1n) is 7.08. The summed E-state index contributed by atoms with van der Waals surface area (Å²) in [4.78, 5) is 0. The Hall–Kier alpha value is -1.38. The molecule has 0 aliphatic carbocycles. The molecule has 2 aromatic rings. The third-order valence-corrected chi connectivity index (χ3v) is 3.95. The van der Waals surface area contributed by atoms with E-state index in [0.29, 0.717) is 12.0 Å². The van der Waals surface area contributed by atoms with Crippen LogP contribution in [-0.2, 0) is 11.8 Å². The maximum atomic E-state index is 14.0. The van der Waals surface area contributed by atoms with E-state index in [1.807, 2.05) is 0 Å². The molecule has 0 radical (unpaired) electrons. The van der Waals surface area contributed by atoms with Gasteiger partial charge in [-0.2, -0.15) is 0 Å². The van der Waals surface area contributed by atoms with Gasteiger partial charge in [0.2, 0.25) is 0 Å². The van der Waals surface area contributed by atoms with Crippen molar-refractivity contribution in [2.45, 2.75) is 38.6 Å². The highest BCUT2D eigenvalue weighted by Gasteiger charge is 2.16. The molecule has 2 rings (SSSR count). The molecule has 0 saturated heterocycles.